The van der Waals surface area contributed by atoms with E-state index in [-0.39, 0.29) is 6.10 Å². The van der Waals surface area contributed by atoms with Gasteiger partial charge in [-0.15, -0.1) is 0 Å². The first kappa shape index (κ1) is 13.9. The maximum atomic E-state index is 5.65. The summed E-state index contributed by atoms with van der Waals surface area (Å²) in [5.74, 6) is 1.80. The van der Waals surface area contributed by atoms with Crippen LogP contribution in [0.15, 0.2) is 30.3 Å². The molecule has 2 heterocycles. The lowest BCUT2D eigenvalue weighted by Gasteiger charge is -2.09. The lowest BCUT2D eigenvalue weighted by Crippen LogP contribution is -2.22. The summed E-state index contributed by atoms with van der Waals surface area (Å²) in [7, 11) is 0. The highest BCUT2D eigenvalue weighted by Crippen LogP contribution is 2.23. The monoisotopic (exact) mass is 286 g/mol. The molecule has 112 valence electrons. The Bertz CT molecular complexity index is 570. The Labute approximate surface area is 125 Å². The van der Waals surface area contributed by atoms with E-state index in [2.05, 4.69) is 26.9 Å². The molecule has 21 heavy (non-hydrogen) atoms. The van der Waals surface area contributed by atoms with Crippen molar-refractivity contribution in [1.82, 2.24) is 15.5 Å². The second-order valence-electron chi connectivity index (χ2n) is 5.69. The fraction of sp³-hybridized carbons (Fsp3) is 0.438. The van der Waals surface area contributed by atoms with Gasteiger partial charge >= 0.3 is 0 Å². The minimum atomic E-state index is 0.193. The number of benzene rings is 1. The Balaban J connectivity index is 1.67. The second-order valence-corrected chi connectivity index (χ2v) is 5.69. The Kier molecular flexibility index (Phi) is 4.10. The SMILES string of the molecule is CC(C)Oc1ccc(-c2cc(NC3CCNC3)n[nH]2)cc1. The first-order valence-electron chi connectivity index (χ1n) is 7.50. The van der Waals surface area contributed by atoms with Crippen LogP contribution in [0.2, 0.25) is 0 Å². The zero-order valence-corrected chi connectivity index (χ0v) is 12.5. The molecular formula is C16H22N4O. The Morgan fingerprint density at radius 2 is 2.10 bits per heavy atom. The summed E-state index contributed by atoms with van der Waals surface area (Å²) in [6.07, 6.45) is 1.34. The van der Waals surface area contributed by atoms with Crippen LogP contribution in [0.25, 0.3) is 11.3 Å². The van der Waals surface area contributed by atoms with Crippen LogP contribution in [0.3, 0.4) is 0 Å². The van der Waals surface area contributed by atoms with Gasteiger partial charge in [-0.2, -0.15) is 5.10 Å². The van der Waals surface area contributed by atoms with Crippen LogP contribution in [-0.2, 0) is 0 Å². The predicted molar refractivity (Wildman–Crippen MR) is 84.7 cm³/mol. The number of ether oxygens (including phenoxy) is 1. The van der Waals surface area contributed by atoms with Crippen LogP contribution >= 0.6 is 0 Å². The van der Waals surface area contributed by atoms with E-state index < -0.39 is 0 Å². The molecule has 1 aromatic heterocycles. The molecule has 5 heteroatoms. The summed E-state index contributed by atoms with van der Waals surface area (Å²) in [6, 6.07) is 10.6. The normalized spacial score (nSPS) is 18.1. The molecule has 0 aliphatic carbocycles. The number of aromatic amines is 1. The fourth-order valence-electron chi connectivity index (χ4n) is 2.52. The van der Waals surface area contributed by atoms with Crippen LogP contribution in [0.5, 0.6) is 5.75 Å². The molecule has 1 fully saturated rings. The number of anilines is 1. The average Bonchev–Trinajstić information content (AvgIpc) is 3.11. The Morgan fingerprint density at radius 3 is 2.76 bits per heavy atom. The van der Waals surface area contributed by atoms with Gasteiger partial charge < -0.3 is 15.4 Å². The van der Waals surface area contributed by atoms with E-state index in [1.165, 1.54) is 0 Å². The van der Waals surface area contributed by atoms with Crippen molar-refractivity contribution in [2.24, 2.45) is 0 Å². The number of nitrogens with zero attached hydrogens (tertiary/aromatic N) is 1. The van der Waals surface area contributed by atoms with Crippen LogP contribution in [0, 0.1) is 0 Å². The molecule has 1 aromatic carbocycles. The highest BCUT2D eigenvalue weighted by Gasteiger charge is 2.15. The average molecular weight is 286 g/mol. The smallest absolute Gasteiger partial charge is 0.148 e. The van der Waals surface area contributed by atoms with Crippen molar-refractivity contribution < 1.29 is 4.74 Å². The summed E-state index contributed by atoms with van der Waals surface area (Å²) in [6.45, 7) is 6.13. The van der Waals surface area contributed by atoms with Gasteiger partial charge in [0.25, 0.3) is 0 Å². The van der Waals surface area contributed by atoms with Crippen molar-refractivity contribution in [1.29, 1.82) is 0 Å². The van der Waals surface area contributed by atoms with E-state index >= 15 is 0 Å². The van der Waals surface area contributed by atoms with E-state index in [0.717, 1.165) is 42.3 Å². The number of aromatic nitrogens is 2. The Morgan fingerprint density at radius 1 is 1.29 bits per heavy atom. The molecule has 1 unspecified atom stereocenters. The number of rotatable bonds is 5. The zero-order valence-electron chi connectivity index (χ0n) is 12.5. The fourth-order valence-corrected chi connectivity index (χ4v) is 2.52. The zero-order chi connectivity index (χ0) is 14.7. The molecule has 0 spiro atoms. The van der Waals surface area contributed by atoms with Gasteiger partial charge in [0.2, 0.25) is 0 Å². The molecule has 2 aromatic rings. The van der Waals surface area contributed by atoms with Gasteiger partial charge in [-0.05, 0) is 56.6 Å². The number of hydrogen-bond acceptors (Lipinski definition) is 4. The maximum absolute atomic E-state index is 5.65. The van der Waals surface area contributed by atoms with E-state index in [1.807, 2.05) is 38.1 Å². The molecular weight excluding hydrogens is 264 g/mol. The summed E-state index contributed by atoms with van der Waals surface area (Å²) >= 11 is 0. The summed E-state index contributed by atoms with van der Waals surface area (Å²) < 4.78 is 5.65. The van der Waals surface area contributed by atoms with Gasteiger partial charge in [-0.25, -0.2) is 0 Å². The third-order valence-electron chi connectivity index (χ3n) is 3.53. The molecule has 5 nitrogen and oxygen atoms in total. The van der Waals surface area contributed by atoms with E-state index in [0.29, 0.717) is 6.04 Å². The molecule has 1 aliphatic rings. The first-order valence-corrected chi connectivity index (χ1v) is 7.50. The third-order valence-corrected chi connectivity index (χ3v) is 3.53. The van der Waals surface area contributed by atoms with E-state index in [9.17, 15) is 0 Å². The van der Waals surface area contributed by atoms with Gasteiger partial charge in [0.15, 0.2) is 0 Å². The van der Waals surface area contributed by atoms with Crippen molar-refractivity contribution in [3.8, 4) is 17.0 Å². The van der Waals surface area contributed by atoms with Gasteiger partial charge in [0, 0.05) is 18.7 Å². The number of hydrogen-bond donors (Lipinski definition) is 3. The minimum Gasteiger partial charge on any atom is -0.491 e. The summed E-state index contributed by atoms with van der Waals surface area (Å²) in [5.41, 5.74) is 2.12. The van der Waals surface area contributed by atoms with Crippen molar-refractivity contribution in [3.05, 3.63) is 30.3 Å². The third kappa shape index (κ3) is 3.55. The van der Waals surface area contributed by atoms with Gasteiger partial charge in [0.05, 0.1) is 11.8 Å². The molecule has 3 N–H and O–H groups in total. The van der Waals surface area contributed by atoms with Crippen molar-refractivity contribution in [3.63, 3.8) is 0 Å². The molecule has 1 saturated heterocycles. The minimum absolute atomic E-state index is 0.193. The molecule has 1 atom stereocenters. The highest BCUT2D eigenvalue weighted by atomic mass is 16.5. The summed E-state index contributed by atoms with van der Waals surface area (Å²) in [4.78, 5) is 0. The predicted octanol–water partition coefficient (Wildman–Crippen LogP) is 2.64. The van der Waals surface area contributed by atoms with E-state index in [4.69, 9.17) is 4.74 Å². The lowest BCUT2D eigenvalue weighted by atomic mass is 10.1. The largest absolute Gasteiger partial charge is 0.491 e. The lowest BCUT2D eigenvalue weighted by molar-refractivity contribution is 0.242. The van der Waals surface area contributed by atoms with Gasteiger partial charge in [-0.3, -0.25) is 5.10 Å². The van der Waals surface area contributed by atoms with Crippen LogP contribution < -0.4 is 15.4 Å². The maximum Gasteiger partial charge on any atom is 0.148 e. The standard InChI is InChI=1S/C16H22N4O/c1-11(2)21-14-5-3-12(4-6-14)15-9-16(20-19-15)18-13-7-8-17-10-13/h3-6,9,11,13,17H,7-8,10H2,1-2H3,(H2,18,19,20). The quantitative estimate of drug-likeness (QED) is 0.791. The molecule has 0 saturated carbocycles. The van der Waals surface area contributed by atoms with Crippen LogP contribution in [0.1, 0.15) is 20.3 Å². The van der Waals surface area contributed by atoms with Crippen LogP contribution in [0.4, 0.5) is 5.82 Å². The number of nitrogens with one attached hydrogen (secondary N) is 3. The molecule has 0 bridgehead atoms. The van der Waals surface area contributed by atoms with Crippen molar-refractivity contribution >= 4 is 5.82 Å². The molecule has 3 rings (SSSR count). The highest BCUT2D eigenvalue weighted by molar-refractivity contribution is 5.63. The topological polar surface area (TPSA) is 62.0 Å². The number of H-pyrrole nitrogens is 1. The van der Waals surface area contributed by atoms with Crippen molar-refractivity contribution in [2.45, 2.75) is 32.4 Å². The summed E-state index contributed by atoms with van der Waals surface area (Å²) in [5, 5.41) is 14.2. The first-order chi connectivity index (χ1) is 10.2. The van der Waals surface area contributed by atoms with Gasteiger partial charge in [0.1, 0.15) is 11.6 Å². The molecule has 0 amide bonds. The van der Waals surface area contributed by atoms with Gasteiger partial charge in [-0.1, -0.05) is 0 Å². The van der Waals surface area contributed by atoms with Crippen molar-refractivity contribution in [2.75, 3.05) is 18.4 Å². The van der Waals surface area contributed by atoms with E-state index in [1.54, 1.807) is 0 Å². The molecule has 1 aliphatic heterocycles. The van der Waals surface area contributed by atoms with Crippen LogP contribution in [-0.4, -0.2) is 35.4 Å². The molecule has 0 radical (unpaired) electrons. The second kappa shape index (κ2) is 6.18. The Hall–Kier alpha value is -2.01.